The predicted octanol–water partition coefficient (Wildman–Crippen LogP) is 3.88. The van der Waals surface area contributed by atoms with Gasteiger partial charge < -0.3 is 4.74 Å². The summed E-state index contributed by atoms with van der Waals surface area (Å²) >= 11 is 0. The lowest BCUT2D eigenvalue weighted by Crippen LogP contribution is -2.22. The Labute approximate surface area is 107 Å². The van der Waals surface area contributed by atoms with Crippen molar-refractivity contribution in [3.05, 3.63) is 82.9 Å². The third-order valence-corrected chi connectivity index (χ3v) is 3.93. The van der Waals surface area contributed by atoms with Gasteiger partial charge in [-0.1, -0.05) is 60.2 Å². The van der Waals surface area contributed by atoms with Gasteiger partial charge >= 0.3 is 0 Å². The van der Waals surface area contributed by atoms with Gasteiger partial charge in [-0.15, -0.1) is 0 Å². The third kappa shape index (κ3) is 1.15. The van der Waals surface area contributed by atoms with E-state index in [2.05, 4.69) is 67.6 Å². The van der Waals surface area contributed by atoms with Crippen LogP contribution in [0.2, 0.25) is 0 Å². The van der Waals surface area contributed by atoms with Crippen molar-refractivity contribution in [2.24, 2.45) is 0 Å². The highest BCUT2D eigenvalue weighted by atomic mass is 16.5. The Morgan fingerprint density at radius 2 is 1.94 bits per heavy atom. The van der Waals surface area contributed by atoms with E-state index in [0.29, 0.717) is 0 Å². The van der Waals surface area contributed by atoms with Crippen LogP contribution in [-0.4, -0.2) is 0 Å². The quantitative estimate of drug-likeness (QED) is 0.680. The molecule has 0 saturated carbocycles. The standard InChI is InChI=1S/C17H14O/c1-12-5-4-6-13(11-12)17-10-9-16(18-17)14-7-2-3-8-15(14)17/h2-11,16H,1H3/t16-,17-/m0/s1. The van der Waals surface area contributed by atoms with E-state index in [4.69, 9.17) is 4.74 Å². The third-order valence-electron chi connectivity index (χ3n) is 3.93. The average Bonchev–Trinajstić information content (AvgIpc) is 2.97. The van der Waals surface area contributed by atoms with E-state index < -0.39 is 0 Å². The smallest absolute Gasteiger partial charge is 0.138 e. The van der Waals surface area contributed by atoms with Gasteiger partial charge in [0, 0.05) is 0 Å². The molecule has 0 unspecified atom stereocenters. The maximum absolute atomic E-state index is 6.26. The van der Waals surface area contributed by atoms with Crippen LogP contribution >= 0.6 is 0 Å². The number of aryl methyl sites for hydroxylation is 1. The Morgan fingerprint density at radius 1 is 1.06 bits per heavy atom. The van der Waals surface area contributed by atoms with E-state index in [0.717, 1.165) is 0 Å². The molecule has 0 N–H and O–H groups in total. The maximum atomic E-state index is 6.26. The highest BCUT2D eigenvalue weighted by molar-refractivity contribution is 5.54. The van der Waals surface area contributed by atoms with Crippen molar-refractivity contribution in [2.45, 2.75) is 18.6 Å². The first-order chi connectivity index (χ1) is 8.79. The molecule has 2 aliphatic rings. The van der Waals surface area contributed by atoms with E-state index in [1.54, 1.807) is 0 Å². The second-order valence-electron chi connectivity index (χ2n) is 5.09. The summed E-state index contributed by atoms with van der Waals surface area (Å²) in [5.41, 5.74) is 4.75. The van der Waals surface area contributed by atoms with Gasteiger partial charge in [0.2, 0.25) is 0 Å². The summed E-state index contributed by atoms with van der Waals surface area (Å²) in [7, 11) is 0. The lowest BCUT2D eigenvalue weighted by atomic mass is 9.82. The first-order valence-electron chi connectivity index (χ1n) is 6.33. The van der Waals surface area contributed by atoms with Gasteiger partial charge in [0.25, 0.3) is 0 Å². The molecule has 1 nitrogen and oxygen atoms in total. The summed E-state index contributed by atoms with van der Waals surface area (Å²) in [6.07, 6.45) is 4.50. The summed E-state index contributed by atoms with van der Waals surface area (Å²) in [4.78, 5) is 0. The summed E-state index contributed by atoms with van der Waals surface area (Å²) < 4.78 is 6.26. The first-order valence-corrected chi connectivity index (χ1v) is 6.33. The van der Waals surface area contributed by atoms with Crippen molar-refractivity contribution in [3.8, 4) is 0 Å². The fourth-order valence-electron chi connectivity index (χ4n) is 3.10. The fourth-order valence-corrected chi connectivity index (χ4v) is 3.10. The zero-order valence-electron chi connectivity index (χ0n) is 10.3. The van der Waals surface area contributed by atoms with Crippen LogP contribution in [0.5, 0.6) is 0 Å². The molecule has 0 radical (unpaired) electrons. The van der Waals surface area contributed by atoms with Gasteiger partial charge in [0.05, 0.1) is 0 Å². The first kappa shape index (κ1) is 10.1. The average molecular weight is 234 g/mol. The van der Waals surface area contributed by atoms with Crippen molar-refractivity contribution in [2.75, 3.05) is 0 Å². The maximum Gasteiger partial charge on any atom is 0.138 e. The van der Waals surface area contributed by atoms with Gasteiger partial charge in [0.1, 0.15) is 11.7 Å². The van der Waals surface area contributed by atoms with Crippen LogP contribution in [0.25, 0.3) is 0 Å². The Hall–Kier alpha value is -1.86. The Balaban J connectivity index is 1.97. The molecule has 2 bridgehead atoms. The molecule has 18 heavy (non-hydrogen) atoms. The van der Waals surface area contributed by atoms with Crippen LogP contribution in [0.3, 0.4) is 0 Å². The highest BCUT2D eigenvalue weighted by Crippen LogP contribution is 2.53. The topological polar surface area (TPSA) is 9.23 Å². The minimum atomic E-state index is -0.354. The number of benzene rings is 2. The molecule has 0 spiro atoms. The molecule has 4 rings (SSSR count). The minimum Gasteiger partial charge on any atom is -0.349 e. The van der Waals surface area contributed by atoms with E-state index in [9.17, 15) is 0 Å². The molecular formula is C17H14O. The molecule has 0 saturated heterocycles. The van der Waals surface area contributed by atoms with Crippen molar-refractivity contribution >= 4 is 0 Å². The minimum absolute atomic E-state index is 0.127. The molecule has 0 aromatic heterocycles. The number of hydrogen-bond donors (Lipinski definition) is 0. The van der Waals surface area contributed by atoms with Crippen molar-refractivity contribution in [1.82, 2.24) is 0 Å². The van der Waals surface area contributed by atoms with Crippen LogP contribution < -0.4 is 0 Å². The largest absolute Gasteiger partial charge is 0.349 e. The van der Waals surface area contributed by atoms with Crippen LogP contribution in [0.1, 0.15) is 28.4 Å². The van der Waals surface area contributed by atoms with Crippen LogP contribution in [0.4, 0.5) is 0 Å². The SMILES string of the molecule is Cc1cccc([C@]23C=C[C@H](O2)c2ccccc23)c1. The number of hydrogen-bond acceptors (Lipinski definition) is 1. The Kier molecular flexibility index (Phi) is 1.87. The second-order valence-corrected chi connectivity index (χ2v) is 5.09. The molecule has 2 heterocycles. The summed E-state index contributed by atoms with van der Waals surface area (Å²) in [5.74, 6) is 0. The van der Waals surface area contributed by atoms with Gasteiger partial charge in [-0.3, -0.25) is 0 Å². The van der Waals surface area contributed by atoms with Crippen LogP contribution in [-0.2, 0) is 10.3 Å². The van der Waals surface area contributed by atoms with E-state index in [-0.39, 0.29) is 11.7 Å². The number of rotatable bonds is 1. The zero-order chi connectivity index (χ0) is 12.2. The molecule has 2 aromatic rings. The molecule has 0 aliphatic carbocycles. The summed E-state index contributed by atoms with van der Waals surface area (Å²) in [5, 5.41) is 0. The lowest BCUT2D eigenvalue weighted by molar-refractivity contribution is 0.0270. The normalized spacial score (nSPS) is 27.5. The monoisotopic (exact) mass is 234 g/mol. The van der Waals surface area contributed by atoms with E-state index >= 15 is 0 Å². The van der Waals surface area contributed by atoms with E-state index in [1.807, 2.05) is 0 Å². The van der Waals surface area contributed by atoms with Crippen molar-refractivity contribution < 1.29 is 4.74 Å². The van der Waals surface area contributed by atoms with Crippen molar-refractivity contribution in [1.29, 1.82) is 0 Å². The molecule has 2 atom stereocenters. The van der Waals surface area contributed by atoms with Gasteiger partial charge in [0.15, 0.2) is 0 Å². The summed E-state index contributed by atoms with van der Waals surface area (Å²) in [6, 6.07) is 17.1. The molecule has 2 aromatic carbocycles. The lowest BCUT2D eigenvalue weighted by Gasteiger charge is -2.25. The Morgan fingerprint density at radius 3 is 2.83 bits per heavy atom. The van der Waals surface area contributed by atoms with E-state index in [1.165, 1.54) is 22.3 Å². The molecule has 0 fully saturated rings. The highest BCUT2D eigenvalue weighted by Gasteiger charge is 2.47. The molecule has 0 amide bonds. The number of ether oxygens (including phenoxy) is 1. The number of fused-ring (bicyclic) bond motifs is 5. The molecular weight excluding hydrogens is 220 g/mol. The molecule has 2 aliphatic heterocycles. The fraction of sp³-hybridized carbons (Fsp3) is 0.176. The molecule has 1 heteroatoms. The second kappa shape index (κ2) is 3.33. The van der Waals surface area contributed by atoms with Crippen molar-refractivity contribution in [3.63, 3.8) is 0 Å². The van der Waals surface area contributed by atoms with Crippen LogP contribution in [0, 0.1) is 6.92 Å². The van der Waals surface area contributed by atoms with Crippen LogP contribution in [0.15, 0.2) is 60.7 Å². The Bertz CT molecular complexity index is 656. The van der Waals surface area contributed by atoms with Gasteiger partial charge in [-0.25, -0.2) is 0 Å². The van der Waals surface area contributed by atoms with Gasteiger partial charge in [-0.05, 0) is 29.7 Å². The summed E-state index contributed by atoms with van der Waals surface area (Å²) in [6.45, 7) is 2.12. The molecule has 88 valence electrons. The zero-order valence-corrected chi connectivity index (χ0v) is 10.3. The predicted molar refractivity (Wildman–Crippen MR) is 71.4 cm³/mol. The van der Waals surface area contributed by atoms with Gasteiger partial charge in [-0.2, -0.15) is 0 Å².